The standard InChI is InChI=1S/C14H16N2O3/c1-14(2,3)19-13(17)16-7-6-11-5-4-10(9-15-18)8-12(11)16/h4-9,18H,1-3H3. The zero-order chi connectivity index (χ0) is 14.0. The Bertz CT molecular complexity index is 636. The van der Waals surface area contributed by atoms with Gasteiger partial charge in [0, 0.05) is 11.6 Å². The lowest BCUT2D eigenvalue weighted by Crippen LogP contribution is -2.26. The van der Waals surface area contributed by atoms with Crippen LogP contribution >= 0.6 is 0 Å². The van der Waals surface area contributed by atoms with Gasteiger partial charge in [0.2, 0.25) is 0 Å². The van der Waals surface area contributed by atoms with Gasteiger partial charge in [-0.1, -0.05) is 17.3 Å². The van der Waals surface area contributed by atoms with E-state index in [1.165, 1.54) is 10.8 Å². The van der Waals surface area contributed by atoms with E-state index in [2.05, 4.69) is 5.16 Å². The maximum atomic E-state index is 12.1. The van der Waals surface area contributed by atoms with Crippen molar-refractivity contribution < 1.29 is 14.7 Å². The van der Waals surface area contributed by atoms with Gasteiger partial charge in [0.1, 0.15) is 5.60 Å². The molecular formula is C14H16N2O3. The van der Waals surface area contributed by atoms with E-state index in [1.807, 2.05) is 39.0 Å². The number of carbonyl (C=O) groups excluding carboxylic acids is 1. The molecule has 5 nitrogen and oxygen atoms in total. The van der Waals surface area contributed by atoms with Crippen molar-refractivity contribution in [3.05, 3.63) is 36.0 Å². The highest BCUT2D eigenvalue weighted by Gasteiger charge is 2.18. The zero-order valence-corrected chi connectivity index (χ0v) is 11.1. The maximum Gasteiger partial charge on any atom is 0.418 e. The molecule has 0 bridgehead atoms. The Morgan fingerprint density at radius 1 is 1.37 bits per heavy atom. The lowest BCUT2D eigenvalue weighted by atomic mass is 10.2. The van der Waals surface area contributed by atoms with Gasteiger partial charge in [-0.15, -0.1) is 0 Å². The number of benzene rings is 1. The van der Waals surface area contributed by atoms with Crippen molar-refractivity contribution in [1.82, 2.24) is 4.57 Å². The maximum absolute atomic E-state index is 12.1. The highest BCUT2D eigenvalue weighted by molar-refractivity contribution is 5.93. The molecule has 1 N–H and O–H groups in total. The summed E-state index contributed by atoms with van der Waals surface area (Å²) < 4.78 is 6.77. The van der Waals surface area contributed by atoms with Gasteiger partial charge in [-0.3, -0.25) is 4.57 Å². The molecule has 2 aromatic rings. The Balaban J connectivity index is 2.43. The predicted molar refractivity (Wildman–Crippen MR) is 73.0 cm³/mol. The summed E-state index contributed by atoms with van der Waals surface area (Å²) in [6, 6.07) is 7.26. The Kier molecular flexibility index (Phi) is 3.29. The van der Waals surface area contributed by atoms with E-state index in [1.54, 1.807) is 12.3 Å². The Labute approximate surface area is 111 Å². The van der Waals surface area contributed by atoms with Gasteiger partial charge in [0.15, 0.2) is 0 Å². The van der Waals surface area contributed by atoms with Gasteiger partial charge < -0.3 is 9.94 Å². The average molecular weight is 260 g/mol. The Hall–Kier alpha value is -2.30. The first-order chi connectivity index (χ1) is 8.90. The molecule has 0 aliphatic heterocycles. The van der Waals surface area contributed by atoms with E-state index in [9.17, 15) is 4.79 Å². The molecule has 2 rings (SSSR count). The van der Waals surface area contributed by atoms with Crippen LogP contribution in [0.1, 0.15) is 26.3 Å². The van der Waals surface area contributed by atoms with Gasteiger partial charge in [-0.05, 0) is 38.5 Å². The minimum atomic E-state index is -0.544. The van der Waals surface area contributed by atoms with E-state index in [4.69, 9.17) is 9.94 Å². The second-order valence-electron chi connectivity index (χ2n) is 5.23. The summed E-state index contributed by atoms with van der Waals surface area (Å²) in [6.07, 6.45) is 2.55. The first-order valence-electron chi connectivity index (χ1n) is 5.92. The van der Waals surface area contributed by atoms with Crippen molar-refractivity contribution >= 4 is 23.2 Å². The number of fused-ring (bicyclic) bond motifs is 1. The van der Waals surface area contributed by atoms with Gasteiger partial charge in [0.05, 0.1) is 11.7 Å². The number of carbonyl (C=O) groups is 1. The molecule has 19 heavy (non-hydrogen) atoms. The first kappa shape index (κ1) is 13.1. The first-order valence-corrected chi connectivity index (χ1v) is 5.92. The topological polar surface area (TPSA) is 63.8 Å². The molecule has 0 radical (unpaired) electrons. The molecule has 0 amide bonds. The van der Waals surface area contributed by atoms with Gasteiger partial charge in [-0.25, -0.2) is 4.79 Å². The quantitative estimate of drug-likeness (QED) is 0.486. The van der Waals surface area contributed by atoms with Crippen molar-refractivity contribution in [3.8, 4) is 0 Å². The average Bonchev–Trinajstić information content (AvgIpc) is 2.70. The van der Waals surface area contributed by atoms with E-state index in [-0.39, 0.29) is 0 Å². The third-order valence-corrected chi connectivity index (χ3v) is 2.51. The van der Waals surface area contributed by atoms with Crippen LogP contribution in [0.15, 0.2) is 35.6 Å². The predicted octanol–water partition coefficient (Wildman–Crippen LogP) is 3.23. The van der Waals surface area contributed by atoms with Crippen LogP contribution in [0.4, 0.5) is 4.79 Å². The smallest absolute Gasteiger partial charge is 0.418 e. The summed E-state index contributed by atoms with van der Waals surface area (Å²) in [4.78, 5) is 12.1. The highest BCUT2D eigenvalue weighted by atomic mass is 16.6. The second kappa shape index (κ2) is 4.76. The van der Waals surface area contributed by atoms with Gasteiger partial charge in [-0.2, -0.15) is 0 Å². The molecule has 5 heteroatoms. The monoisotopic (exact) mass is 260 g/mol. The number of ether oxygens (including phenoxy) is 1. The van der Waals surface area contributed by atoms with Crippen molar-refractivity contribution in [2.45, 2.75) is 26.4 Å². The lowest BCUT2D eigenvalue weighted by Gasteiger charge is -2.19. The molecule has 0 fully saturated rings. The summed E-state index contributed by atoms with van der Waals surface area (Å²) in [5.41, 5.74) is 0.878. The van der Waals surface area contributed by atoms with Crippen LogP contribution in [0.25, 0.3) is 10.9 Å². The molecule has 1 aromatic heterocycles. The number of nitrogens with zero attached hydrogens (tertiary/aromatic N) is 2. The van der Waals surface area contributed by atoms with E-state index in [0.29, 0.717) is 11.1 Å². The van der Waals surface area contributed by atoms with E-state index < -0.39 is 11.7 Å². The van der Waals surface area contributed by atoms with Crippen molar-refractivity contribution in [2.24, 2.45) is 5.16 Å². The molecular weight excluding hydrogens is 244 g/mol. The van der Waals surface area contributed by atoms with E-state index in [0.717, 1.165) is 5.39 Å². The number of hydrogen-bond donors (Lipinski definition) is 1. The van der Waals surface area contributed by atoms with Crippen LogP contribution in [0, 0.1) is 0 Å². The minimum absolute atomic E-state index is 0.430. The lowest BCUT2D eigenvalue weighted by molar-refractivity contribution is 0.0544. The van der Waals surface area contributed by atoms with Crippen molar-refractivity contribution in [1.29, 1.82) is 0 Å². The molecule has 0 aliphatic rings. The van der Waals surface area contributed by atoms with Crippen molar-refractivity contribution in [2.75, 3.05) is 0 Å². The number of aromatic nitrogens is 1. The van der Waals surface area contributed by atoms with Gasteiger partial charge in [0.25, 0.3) is 0 Å². The zero-order valence-electron chi connectivity index (χ0n) is 11.1. The van der Waals surface area contributed by atoms with E-state index >= 15 is 0 Å². The summed E-state index contributed by atoms with van der Waals surface area (Å²) >= 11 is 0. The molecule has 0 unspecified atom stereocenters. The van der Waals surface area contributed by atoms with Crippen LogP contribution in [0.3, 0.4) is 0 Å². The van der Waals surface area contributed by atoms with Gasteiger partial charge >= 0.3 is 6.09 Å². The Morgan fingerprint density at radius 2 is 2.11 bits per heavy atom. The van der Waals surface area contributed by atoms with Crippen LogP contribution in [0.5, 0.6) is 0 Å². The number of oxime groups is 1. The molecule has 0 atom stereocenters. The molecule has 100 valence electrons. The van der Waals surface area contributed by atoms with Crippen LogP contribution < -0.4 is 0 Å². The second-order valence-corrected chi connectivity index (χ2v) is 5.23. The molecule has 0 aliphatic carbocycles. The highest BCUT2D eigenvalue weighted by Crippen LogP contribution is 2.19. The molecule has 0 spiro atoms. The number of hydrogen-bond acceptors (Lipinski definition) is 4. The molecule has 1 aromatic carbocycles. The fourth-order valence-corrected chi connectivity index (χ4v) is 1.76. The number of rotatable bonds is 1. The fourth-order valence-electron chi connectivity index (χ4n) is 1.76. The van der Waals surface area contributed by atoms with Crippen molar-refractivity contribution in [3.63, 3.8) is 0 Å². The van der Waals surface area contributed by atoms with Crippen LogP contribution in [-0.2, 0) is 4.74 Å². The molecule has 1 heterocycles. The summed E-state index contributed by atoms with van der Waals surface area (Å²) in [5, 5.41) is 12.4. The third kappa shape index (κ3) is 2.93. The van der Waals surface area contributed by atoms with Crippen LogP contribution in [-0.4, -0.2) is 27.7 Å². The molecule has 0 saturated carbocycles. The minimum Gasteiger partial charge on any atom is -0.443 e. The fraction of sp³-hybridized carbons (Fsp3) is 0.286. The third-order valence-electron chi connectivity index (χ3n) is 2.51. The largest absolute Gasteiger partial charge is 0.443 e. The molecule has 0 saturated heterocycles. The summed E-state index contributed by atoms with van der Waals surface area (Å²) in [5.74, 6) is 0. The normalized spacial score (nSPS) is 12.2. The SMILES string of the molecule is CC(C)(C)OC(=O)n1ccc2ccc(C=NO)cc21. The summed E-state index contributed by atoms with van der Waals surface area (Å²) in [7, 11) is 0. The van der Waals surface area contributed by atoms with Crippen LogP contribution in [0.2, 0.25) is 0 Å². The Morgan fingerprint density at radius 3 is 2.74 bits per heavy atom. The summed E-state index contributed by atoms with van der Waals surface area (Å²) in [6.45, 7) is 5.46.